The predicted molar refractivity (Wildman–Crippen MR) is 67.6 cm³/mol. The standard InChI is InChI=1S/C11H14FN7O/c12-8-6-19(11-16-9(5-13)17-20-11)10(15-8)1-3-18-4-2-14-7-18/h2,4,6-7,10,15H,1,3,5,13H2. The van der Waals surface area contributed by atoms with Gasteiger partial charge in [-0.2, -0.15) is 9.37 Å². The zero-order valence-corrected chi connectivity index (χ0v) is 10.6. The van der Waals surface area contributed by atoms with Gasteiger partial charge in [0.05, 0.1) is 19.1 Å². The molecule has 0 amide bonds. The Labute approximate surface area is 114 Å². The summed E-state index contributed by atoms with van der Waals surface area (Å²) >= 11 is 0. The van der Waals surface area contributed by atoms with E-state index in [0.717, 1.165) is 0 Å². The number of nitrogens with one attached hydrogen (secondary N) is 1. The fraction of sp³-hybridized carbons (Fsp3) is 0.364. The summed E-state index contributed by atoms with van der Waals surface area (Å²) in [6.45, 7) is 0.865. The van der Waals surface area contributed by atoms with E-state index in [0.29, 0.717) is 18.8 Å². The van der Waals surface area contributed by atoms with Crippen LogP contribution in [0.3, 0.4) is 0 Å². The first-order chi connectivity index (χ1) is 9.76. The van der Waals surface area contributed by atoms with Crippen molar-refractivity contribution in [2.75, 3.05) is 4.90 Å². The van der Waals surface area contributed by atoms with Gasteiger partial charge in [0.15, 0.2) is 5.82 Å². The molecule has 106 valence electrons. The molecule has 3 heterocycles. The van der Waals surface area contributed by atoms with Gasteiger partial charge >= 0.3 is 6.01 Å². The fourth-order valence-electron chi connectivity index (χ4n) is 2.00. The molecular weight excluding hydrogens is 265 g/mol. The maximum atomic E-state index is 13.4. The van der Waals surface area contributed by atoms with Crippen molar-refractivity contribution >= 4 is 6.01 Å². The largest absolute Gasteiger partial charge is 0.340 e. The Balaban J connectivity index is 1.70. The van der Waals surface area contributed by atoms with Crippen LogP contribution >= 0.6 is 0 Å². The number of imidazole rings is 1. The van der Waals surface area contributed by atoms with E-state index in [4.69, 9.17) is 10.3 Å². The summed E-state index contributed by atoms with van der Waals surface area (Å²) in [5.74, 6) is -0.0535. The lowest BCUT2D eigenvalue weighted by Crippen LogP contribution is -2.37. The van der Waals surface area contributed by atoms with E-state index < -0.39 is 5.95 Å². The third kappa shape index (κ3) is 2.48. The Bertz CT molecular complexity index is 594. The number of nitrogens with two attached hydrogens (primary N) is 1. The Hall–Kier alpha value is -2.42. The van der Waals surface area contributed by atoms with Gasteiger partial charge in [-0.1, -0.05) is 5.16 Å². The van der Waals surface area contributed by atoms with E-state index in [2.05, 4.69) is 20.4 Å². The number of nitrogens with zero attached hydrogens (tertiary/aromatic N) is 5. The molecule has 0 aromatic carbocycles. The molecule has 3 N–H and O–H groups in total. The van der Waals surface area contributed by atoms with Gasteiger partial charge in [0, 0.05) is 25.4 Å². The fourth-order valence-corrected chi connectivity index (χ4v) is 2.00. The van der Waals surface area contributed by atoms with E-state index in [1.54, 1.807) is 17.4 Å². The topological polar surface area (TPSA) is 98.0 Å². The normalized spacial score (nSPS) is 18.2. The highest BCUT2D eigenvalue weighted by Gasteiger charge is 2.28. The van der Waals surface area contributed by atoms with Crippen LogP contribution in [0.15, 0.2) is 35.4 Å². The molecule has 20 heavy (non-hydrogen) atoms. The first-order valence-corrected chi connectivity index (χ1v) is 6.17. The van der Waals surface area contributed by atoms with Crippen molar-refractivity contribution in [1.82, 2.24) is 25.0 Å². The lowest BCUT2D eigenvalue weighted by atomic mass is 10.3. The molecule has 0 aliphatic carbocycles. The van der Waals surface area contributed by atoms with Crippen molar-refractivity contribution in [2.24, 2.45) is 5.73 Å². The summed E-state index contributed by atoms with van der Waals surface area (Å²) in [6, 6.07) is 0.223. The van der Waals surface area contributed by atoms with Gasteiger partial charge in [-0.15, -0.1) is 0 Å². The number of halogens is 1. The van der Waals surface area contributed by atoms with Crippen molar-refractivity contribution in [3.63, 3.8) is 0 Å². The minimum atomic E-state index is -0.437. The molecule has 2 aromatic rings. The maximum Gasteiger partial charge on any atom is 0.329 e. The van der Waals surface area contributed by atoms with Gasteiger partial charge in [0.1, 0.15) is 6.17 Å². The summed E-state index contributed by atoms with van der Waals surface area (Å²) in [5.41, 5.74) is 5.43. The van der Waals surface area contributed by atoms with Crippen LogP contribution in [0.1, 0.15) is 12.2 Å². The van der Waals surface area contributed by atoms with Crippen LogP contribution in [0.5, 0.6) is 0 Å². The first kappa shape index (κ1) is 12.6. The Morgan fingerprint density at radius 2 is 2.40 bits per heavy atom. The zero-order chi connectivity index (χ0) is 13.9. The Morgan fingerprint density at radius 3 is 3.10 bits per heavy atom. The van der Waals surface area contributed by atoms with Crippen LogP contribution in [0.2, 0.25) is 0 Å². The van der Waals surface area contributed by atoms with Crippen molar-refractivity contribution in [2.45, 2.75) is 25.7 Å². The second-order valence-corrected chi connectivity index (χ2v) is 4.33. The SMILES string of the molecule is NCc1noc(N2C=C(F)NC2CCn2ccnc2)n1. The first-order valence-electron chi connectivity index (χ1n) is 6.17. The van der Waals surface area contributed by atoms with Gasteiger partial charge in [-0.05, 0) is 0 Å². The molecule has 0 spiro atoms. The van der Waals surface area contributed by atoms with E-state index >= 15 is 0 Å². The molecule has 1 atom stereocenters. The summed E-state index contributed by atoms with van der Waals surface area (Å²) in [4.78, 5) is 9.62. The van der Waals surface area contributed by atoms with E-state index in [1.165, 1.54) is 6.20 Å². The number of aryl methyl sites for hydroxylation is 1. The maximum absolute atomic E-state index is 13.4. The van der Waals surface area contributed by atoms with Crippen molar-refractivity contribution in [1.29, 1.82) is 0 Å². The molecule has 1 unspecified atom stereocenters. The smallest absolute Gasteiger partial charge is 0.329 e. The number of rotatable bonds is 5. The molecule has 3 rings (SSSR count). The lowest BCUT2D eigenvalue weighted by Gasteiger charge is -2.21. The average molecular weight is 279 g/mol. The monoisotopic (exact) mass is 279 g/mol. The Morgan fingerprint density at radius 1 is 1.50 bits per heavy atom. The van der Waals surface area contributed by atoms with Crippen LogP contribution in [0.4, 0.5) is 10.4 Å². The second-order valence-electron chi connectivity index (χ2n) is 4.33. The van der Waals surface area contributed by atoms with Gasteiger partial charge in [0.2, 0.25) is 5.95 Å². The van der Waals surface area contributed by atoms with Crippen LogP contribution in [-0.4, -0.2) is 25.9 Å². The van der Waals surface area contributed by atoms with Crippen molar-refractivity contribution in [3.8, 4) is 0 Å². The van der Waals surface area contributed by atoms with E-state index in [-0.39, 0.29) is 18.7 Å². The number of aromatic nitrogens is 4. The second kappa shape index (κ2) is 5.29. The van der Waals surface area contributed by atoms with Crippen molar-refractivity contribution in [3.05, 3.63) is 36.7 Å². The van der Waals surface area contributed by atoms with E-state index in [9.17, 15) is 4.39 Å². The molecule has 1 aliphatic heterocycles. The lowest BCUT2D eigenvalue weighted by molar-refractivity contribution is 0.392. The minimum Gasteiger partial charge on any atom is -0.340 e. The average Bonchev–Trinajstić information content (AvgIpc) is 3.16. The molecule has 0 saturated heterocycles. The summed E-state index contributed by atoms with van der Waals surface area (Å²) in [5, 5.41) is 6.42. The summed E-state index contributed by atoms with van der Waals surface area (Å²) < 4.78 is 20.4. The van der Waals surface area contributed by atoms with Gasteiger partial charge < -0.3 is 20.1 Å². The molecule has 9 heteroatoms. The third-order valence-electron chi connectivity index (χ3n) is 2.97. The van der Waals surface area contributed by atoms with Crippen LogP contribution in [0, 0.1) is 0 Å². The van der Waals surface area contributed by atoms with Gasteiger partial charge in [-0.3, -0.25) is 4.90 Å². The van der Waals surface area contributed by atoms with E-state index in [1.807, 2.05) is 10.8 Å². The van der Waals surface area contributed by atoms with Crippen LogP contribution in [-0.2, 0) is 13.1 Å². The molecule has 0 radical (unpaired) electrons. The highest BCUT2D eigenvalue weighted by molar-refractivity contribution is 5.37. The third-order valence-corrected chi connectivity index (χ3v) is 2.97. The molecule has 8 nitrogen and oxygen atoms in total. The van der Waals surface area contributed by atoms with Gasteiger partial charge in [0.25, 0.3) is 0 Å². The highest BCUT2D eigenvalue weighted by Crippen LogP contribution is 2.22. The zero-order valence-electron chi connectivity index (χ0n) is 10.6. The molecule has 2 aromatic heterocycles. The number of hydrogen-bond acceptors (Lipinski definition) is 7. The predicted octanol–water partition coefficient (Wildman–Crippen LogP) is 0.319. The molecule has 0 bridgehead atoms. The quantitative estimate of drug-likeness (QED) is 0.760. The van der Waals surface area contributed by atoms with Crippen LogP contribution in [0.25, 0.3) is 0 Å². The number of hydrogen-bond donors (Lipinski definition) is 2. The van der Waals surface area contributed by atoms with Crippen molar-refractivity contribution < 1.29 is 8.91 Å². The molecule has 0 saturated carbocycles. The Kier molecular flexibility index (Phi) is 3.33. The highest BCUT2D eigenvalue weighted by atomic mass is 19.1. The number of anilines is 1. The summed E-state index contributed by atoms with van der Waals surface area (Å²) in [7, 11) is 0. The molecule has 1 aliphatic rings. The van der Waals surface area contributed by atoms with Crippen LogP contribution < -0.4 is 16.0 Å². The molecule has 0 fully saturated rings. The molecular formula is C11H14FN7O. The van der Waals surface area contributed by atoms with Gasteiger partial charge in [-0.25, -0.2) is 4.98 Å². The minimum absolute atomic E-state index is 0.177. The summed E-state index contributed by atoms with van der Waals surface area (Å²) in [6.07, 6.45) is 6.91.